The number of imide groups is 1. The first-order chi connectivity index (χ1) is 16.0. The molecule has 7 heteroatoms. The number of para-hydroxylation sites is 1. The number of methoxy groups -OCH3 is 1. The van der Waals surface area contributed by atoms with Crippen LogP contribution in [-0.4, -0.2) is 25.0 Å². The summed E-state index contributed by atoms with van der Waals surface area (Å²) in [5, 5.41) is 1.69. The molecule has 2 aliphatic heterocycles. The fraction of sp³-hybridized carbons (Fsp3) is 0.231. The lowest BCUT2D eigenvalue weighted by molar-refractivity contribution is -0.126. The Balaban J connectivity index is 1.57. The number of hydrogen-bond acceptors (Lipinski definition) is 5. The minimum Gasteiger partial charge on any atom is -0.496 e. The molecule has 5 rings (SSSR count). The Kier molecular flexibility index (Phi) is 5.68. The van der Waals surface area contributed by atoms with Crippen molar-refractivity contribution in [1.29, 1.82) is 0 Å². The zero-order valence-electron chi connectivity index (χ0n) is 18.3. The van der Waals surface area contributed by atoms with Gasteiger partial charge in [-0.1, -0.05) is 43.3 Å². The largest absolute Gasteiger partial charge is 0.496 e. The van der Waals surface area contributed by atoms with Crippen LogP contribution in [0.25, 0.3) is 0 Å². The molecule has 6 nitrogen and oxygen atoms in total. The fourth-order valence-electron chi connectivity index (χ4n) is 4.55. The second-order valence-corrected chi connectivity index (χ2v) is 8.94. The van der Waals surface area contributed by atoms with Crippen molar-refractivity contribution in [3.8, 4) is 5.75 Å². The number of halogens is 1. The summed E-state index contributed by atoms with van der Waals surface area (Å²) in [6, 6.07) is 22.3. The summed E-state index contributed by atoms with van der Waals surface area (Å²) in [4.78, 5) is 34.5. The summed E-state index contributed by atoms with van der Waals surface area (Å²) in [7, 11) is 1.60. The number of carbonyl (C=O) groups excluding carboxylic acids is 2. The number of aryl methyl sites for hydroxylation is 1. The summed E-state index contributed by atoms with van der Waals surface area (Å²) in [5.41, 5.74) is 3.35. The molecule has 2 fully saturated rings. The van der Waals surface area contributed by atoms with Gasteiger partial charge in [-0.15, -0.1) is 0 Å². The molecule has 168 valence electrons. The van der Waals surface area contributed by atoms with E-state index >= 15 is 0 Å². The highest BCUT2D eigenvalue weighted by molar-refractivity contribution is 9.10. The maximum absolute atomic E-state index is 13.7. The molecule has 0 radical (unpaired) electrons. The molecule has 0 spiro atoms. The number of nitrogens with zero attached hydrogens (tertiary/aromatic N) is 2. The third kappa shape index (κ3) is 3.61. The molecule has 0 bridgehead atoms. The number of ether oxygens (including phenoxy) is 1. The van der Waals surface area contributed by atoms with Crippen molar-refractivity contribution in [2.24, 2.45) is 5.92 Å². The predicted molar refractivity (Wildman–Crippen MR) is 129 cm³/mol. The molecule has 3 aromatic carbocycles. The van der Waals surface area contributed by atoms with Crippen LogP contribution in [0.4, 0.5) is 11.4 Å². The van der Waals surface area contributed by atoms with E-state index in [1.807, 2.05) is 72.8 Å². The lowest BCUT2D eigenvalue weighted by Gasteiger charge is -2.29. The van der Waals surface area contributed by atoms with Crippen LogP contribution in [0, 0.1) is 5.92 Å². The van der Waals surface area contributed by atoms with Gasteiger partial charge in [0.25, 0.3) is 5.91 Å². The fourth-order valence-corrected chi connectivity index (χ4v) is 5.11. The highest BCUT2D eigenvalue weighted by Gasteiger charge is 2.60. The second-order valence-electron chi connectivity index (χ2n) is 8.08. The summed E-state index contributed by atoms with van der Waals surface area (Å²) in [6.45, 7) is 2.06. The van der Waals surface area contributed by atoms with Crippen molar-refractivity contribution in [2.75, 3.05) is 17.1 Å². The molecule has 2 heterocycles. The molecule has 3 atom stereocenters. The maximum atomic E-state index is 13.7. The smallest absolute Gasteiger partial charge is 0.266 e. The van der Waals surface area contributed by atoms with E-state index in [2.05, 4.69) is 22.9 Å². The summed E-state index contributed by atoms with van der Waals surface area (Å²) in [6.07, 6.45) is -0.00814. The lowest BCUT2D eigenvalue weighted by atomic mass is 9.90. The van der Waals surface area contributed by atoms with E-state index in [-0.39, 0.29) is 11.8 Å². The van der Waals surface area contributed by atoms with E-state index in [0.29, 0.717) is 11.4 Å². The van der Waals surface area contributed by atoms with Gasteiger partial charge in [-0.2, -0.15) is 0 Å². The molecule has 0 aromatic heterocycles. The number of carbonyl (C=O) groups is 2. The Hall–Kier alpha value is -3.16. The monoisotopic (exact) mass is 506 g/mol. The first-order valence-corrected chi connectivity index (χ1v) is 11.6. The number of amides is 2. The molecule has 0 unspecified atom stereocenters. The molecule has 2 amide bonds. The topological polar surface area (TPSA) is 59.1 Å². The molecule has 0 saturated carbocycles. The Morgan fingerprint density at radius 2 is 1.67 bits per heavy atom. The Morgan fingerprint density at radius 1 is 0.939 bits per heavy atom. The number of rotatable bonds is 5. The number of benzene rings is 3. The van der Waals surface area contributed by atoms with Gasteiger partial charge in [0.2, 0.25) is 5.91 Å². The van der Waals surface area contributed by atoms with Crippen molar-refractivity contribution in [2.45, 2.75) is 25.5 Å². The van der Waals surface area contributed by atoms with Crippen LogP contribution in [0.3, 0.4) is 0 Å². The van der Waals surface area contributed by atoms with Crippen molar-refractivity contribution >= 4 is 39.1 Å². The normalized spacial score (nSPS) is 22.1. The first kappa shape index (κ1) is 21.7. The predicted octanol–water partition coefficient (Wildman–Crippen LogP) is 5.07. The molecule has 2 aliphatic rings. The van der Waals surface area contributed by atoms with E-state index in [1.165, 1.54) is 4.90 Å². The van der Waals surface area contributed by atoms with E-state index in [1.54, 1.807) is 12.2 Å². The zero-order valence-corrected chi connectivity index (χ0v) is 19.9. The van der Waals surface area contributed by atoms with Crippen LogP contribution in [-0.2, 0) is 20.8 Å². The molecule has 0 N–H and O–H groups in total. The van der Waals surface area contributed by atoms with Gasteiger partial charge in [-0.3, -0.25) is 14.4 Å². The number of hydrogen-bond donors (Lipinski definition) is 0. The minimum absolute atomic E-state index is 0.260. The first-order valence-electron chi connectivity index (χ1n) is 10.8. The average molecular weight is 507 g/mol. The third-order valence-electron chi connectivity index (χ3n) is 6.25. The van der Waals surface area contributed by atoms with Gasteiger partial charge in [-0.05, 0) is 69.9 Å². The quantitative estimate of drug-likeness (QED) is 0.452. The molecular weight excluding hydrogens is 484 g/mol. The molecule has 0 aliphatic carbocycles. The Bertz CT molecular complexity index is 1200. The highest BCUT2D eigenvalue weighted by atomic mass is 79.9. The summed E-state index contributed by atoms with van der Waals surface area (Å²) in [5.74, 6) is -0.592. The molecule has 3 aromatic rings. The van der Waals surface area contributed by atoms with Crippen molar-refractivity contribution in [3.05, 3.63) is 88.4 Å². The second kappa shape index (κ2) is 8.65. The number of fused-ring (bicyclic) bond motifs is 1. The molecule has 33 heavy (non-hydrogen) atoms. The SMILES string of the molecule is CCc1ccc(N2C(=O)[C@H]3[C@@H](ON(c4ccccc4)[C@H]3c3ccc(OC)c(Br)c3)C2=O)cc1. The summed E-state index contributed by atoms with van der Waals surface area (Å²) >= 11 is 3.55. The van der Waals surface area contributed by atoms with Crippen molar-refractivity contribution in [1.82, 2.24) is 0 Å². The van der Waals surface area contributed by atoms with Gasteiger partial charge >= 0.3 is 0 Å². The van der Waals surface area contributed by atoms with Gasteiger partial charge in [0.15, 0.2) is 6.10 Å². The van der Waals surface area contributed by atoms with E-state index < -0.39 is 18.1 Å². The Morgan fingerprint density at radius 3 is 2.30 bits per heavy atom. The molecule has 2 saturated heterocycles. The van der Waals surface area contributed by atoms with Gasteiger partial charge < -0.3 is 4.74 Å². The van der Waals surface area contributed by atoms with Crippen LogP contribution >= 0.6 is 15.9 Å². The average Bonchev–Trinajstić information content (AvgIpc) is 3.35. The van der Waals surface area contributed by atoms with Gasteiger partial charge in [-0.25, -0.2) is 9.96 Å². The Labute approximate surface area is 200 Å². The van der Waals surface area contributed by atoms with Crippen LogP contribution in [0.1, 0.15) is 24.1 Å². The zero-order chi connectivity index (χ0) is 23.1. The molecular formula is C26H23BrN2O4. The highest BCUT2D eigenvalue weighted by Crippen LogP contribution is 2.48. The van der Waals surface area contributed by atoms with Crippen LogP contribution in [0.2, 0.25) is 0 Å². The minimum atomic E-state index is -0.894. The van der Waals surface area contributed by atoms with Crippen molar-refractivity contribution in [3.63, 3.8) is 0 Å². The van der Waals surface area contributed by atoms with Crippen LogP contribution in [0.15, 0.2) is 77.3 Å². The van der Waals surface area contributed by atoms with Gasteiger partial charge in [0.1, 0.15) is 11.7 Å². The third-order valence-corrected chi connectivity index (χ3v) is 6.87. The van der Waals surface area contributed by atoms with E-state index in [4.69, 9.17) is 9.57 Å². The van der Waals surface area contributed by atoms with Crippen LogP contribution < -0.4 is 14.7 Å². The van der Waals surface area contributed by atoms with Gasteiger partial charge in [0, 0.05) is 0 Å². The van der Waals surface area contributed by atoms with E-state index in [0.717, 1.165) is 27.7 Å². The van der Waals surface area contributed by atoms with Crippen LogP contribution in [0.5, 0.6) is 5.75 Å². The maximum Gasteiger partial charge on any atom is 0.266 e. The number of hydroxylamine groups is 1. The summed E-state index contributed by atoms with van der Waals surface area (Å²) < 4.78 is 6.14. The van der Waals surface area contributed by atoms with Gasteiger partial charge in [0.05, 0.1) is 29.0 Å². The van der Waals surface area contributed by atoms with Crippen molar-refractivity contribution < 1.29 is 19.2 Å². The lowest BCUT2D eigenvalue weighted by Crippen LogP contribution is -2.37. The standard InChI is InChI=1S/C26H23BrN2O4/c1-3-16-9-12-18(13-10-16)28-25(30)22-23(17-11-14-21(32-2)20(27)15-17)29(33-24(22)26(28)31)19-7-5-4-6-8-19/h4-15,22-24H,3H2,1-2H3/t22-,23+,24-/m1/s1. The van der Waals surface area contributed by atoms with E-state index in [9.17, 15) is 9.59 Å². The number of anilines is 2.